The Morgan fingerprint density at radius 2 is 1.83 bits per heavy atom. The van der Waals surface area contributed by atoms with E-state index in [4.69, 9.17) is 5.73 Å². The number of rotatable bonds is 5. The van der Waals surface area contributed by atoms with Crippen molar-refractivity contribution in [2.75, 3.05) is 12.3 Å². The van der Waals surface area contributed by atoms with E-state index in [1.54, 1.807) is 0 Å². The van der Waals surface area contributed by atoms with Crippen LogP contribution < -0.4 is 11.1 Å². The highest BCUT2D eigenvalue weighted by Gasteiger charge is 2.64. The quantitative estimate of drug-likeness (QED) is 0.618. The molecule has 0 spiro atoms. The highest BCUT2D eigenvalue weighted by Crippen LogP contribution is 2.62. The maximum atomic E-state index is 5.78. The summed E-state index contributed by atoms with van der Waals surface area (Å²) in [6.07, 6.45) is 2.28. The molecule has 1 aliphatic rings. The van der Waals surface area contributed by atoms with Gasteiger partial charge in [-0.1, -0.05) is 39.8 Å². The van der Waals surface area contributed by atoms with Gasteiger partial charge in [0.1, 0.15) is 0 Å². The van der Waals surface area contributed by atoms with Crippen molar-refractivity contribution in [1.82, 2.24) is 5.32 Å². The third-order valence-electron chi connectivity index (χ3n) is 4.96. The average Bonchev–Trinajstić information content (AvgIpc) is 2.66. The van der Waals surface area contributed by atoms with Gasteiger partial charge in [-0.05, 0) is 47.9 Å². The molecule has 1 saturated carbocycles. The van der Waals surface area contributed by atoms with Crippen molar-refractivity contribution in [2.24, 2.45) is 10.8 Å². The van der Waals surface area contributed by atoms with Crippen LogP contribution in [0.5, 0.6) is 0 Å². The molecule has 0 amide bonds. The average molecular weight is 246 g/mol. The van der Waals surface area contributed by atoms with Crippen LogP contribution in [0, 0.1) is 10.8 Å². The van der Waals surface area contributed by atoms with E-state index in [2.05, 4.69) is 45.1 Å². The summed E-state index contributed by atoms with van der Waals surface area (Å²) >= 11 is 0. The Morgan fingerprint density at radius 3 is 2.39 bits per heavy atom. The standard InChI is InChI=1S/C16H26N2/c1-15(2)14(16(15,3)4)18-10-6-8-12-7-5-9-13(17)11-12/h5,7,9,11,14,18H,6,8,10,17H2,1-4H3. The van der Waals surface area contributed by atoms with Crippen LogP contribution in [0.15, 0.2) is 24.3 Å². The minimum atomic E-state index is 0.435. The molecule has 1 aliphatic carbocycles. The van der Waals surface area contributed by atoms with E-state index in [1.165, 1.54) is 12.0 Å². The second-order valence-corrected chi connectivity index (χ2v) is 6.68. The summed E-state index contributed by atoms with van der Waals surface area (Å²) in [6.45, 7) is 10.5. The molecule has 18 heavy (non-hydrogen) atoms. The molecule has 0 radical (unpaired) electrons. The summed E-state index contributed by atoms with van der Waals surface area (Å²) in [6, 6.07) is 8.86. The van der Waals surface area contributed by atoms with Crippen molar-refractivity contribution in [3.8, 4) is 0 Å². The highest BCUT2D eigenvalue weighted by atomic mass is 15.0. The van der Waals surface area contributed by atoms with E-state index in [-0.39, 0.29) is 0 Å². The molecule has 1 fully saturated rings. The molecular weight excluding hydrogens is 220 g/mol. The van der Waals surface area contributed by atoms with Crippen molar-refractivity contribution in [2.45, 2.75) is 46.6 Å². The Hall–Kier alpha value is -1.02. The predicted molar refractivity (Wildman–Crippen MR) is 78.5 cm³/mol. The van der Waals surface area contributed by atoms with Gasteiger partial charge >= 0.3 is 0 Å². The number of aryl methyl sites for hydroxylation is 1. The fraction of sp³-hybridized carbons (Fsp3) is 0.625. The van der Waals surface area contributed by atoms with Crippen LogP contribution in [0.25, 0.3) is 0 Å². The summed E-state index contributed by atoms with van der Waals surface area (Å²) in [5, 5.41) is 3.69. The maximum absolute atomic E-state index is 5.78. The first-order valence-electron chi connectivity index (χ1n) is 6.93. The first-order chi connectivity index (χ1) is 8.35. The Labute approximate surface area is 111 Å². The molecule has 1 aromatic rings. The molecule has 0 atom stereocenters. The molecule has 3 N–H and O–H groups in total. The molecule has 0 unspecified atom stereocenters. The number of nitrogen functional groups attached to an aromatic ring is 1. The molecule has 1 aromatic carbocycles. The lowest BCUT2D eigenvalue weighted by Crippen LogP contribution is -2.23. The topological polar surface area (TPSA) is 38.0 Å². The first-order valence-corrected chi connectivity index (χ1v) is 6.93. The summed E-state index contributed by atoms with van der Waals surface area (Å²) in [5.74, 6) is 0. The highest BCUT2D eigenvalue weighted by molar-refractivity contribution is 5.40. The summed E-state index contributed by atoms with van der Waals surface area (Å²) in [7, 11) is 0. The molecular formula is C16H26N2. The van der Waals surface area contributed by atoms with Crippen LogP contribution in [0.3, 0.4) is 0 Å². The third kappa shape index (κ3) is 2.39. The van der Waals surface area contributed by atoms with Gasteiger partial charge in [0.2, 0.25) is 0 Å². The molecule has 0 bridgehead atoms. The van der Waals surface area contributed by atoms with E-state index in [9.17, 15) is 0 Å². The van der Waals surface area contributed by atoms with E-state index in [0.717, 1.165) is 18.7 Å². The Morgan fingerprint density at radius 1 is 1.17 bits per heavy atom. The van der Waals surface area contributed by atoms with Crippen LogP contribution in [0.1, 0.15) is 39.7 Å². The molecule has 0 aromatic heterocycles. The zero-order valence-electron chi connectivity index (χ0n) is 12.1. The van der Waals surface area contributed by atoms with Crippen LogP contribution in [0.4, 0.5) is 5.69 Å². The molecule has 2 nitrogen and oxygen atoms in total. The van der Waals surface area contributed by atoms with Crippen molar-refractivity contribution in [3.05, 3.63) is 29.8 Å². The zero-order valence-corrected chi connectivity index (χ0v) is 12.1. The smallest absolute Gasteiger partial charge is 0.0316 e. The second-order valence-electron chi connectivity index (χ2n) is 6.68. The van der Waals surface area contributed by atoms with E-state index < -0.39 is 0 Å². The van der Waals surface area contributed by atoms with Crippen molar-refractivity contribution in [1.29, 1.82) is 0 Å². The first kappa shape index (κ1) is 13.4. The molecule has 100 valence electrons. The fourth-order valence-electron chi connectivity index (χ4n) is 2.99. The maximum Gasteiger partial charge on any atom is 0.0316 e. The largest absolute Gasteiger partial charge is 0.399 e. The van der Waals surface area contributed by atoms with Gasteiger partial charge in [0.05, 0.1) is 0 Å². The number of nitrogens with two attached hydrogens (primary N) is 1. The van der Waals surface area contributed by atoms with Gasteiger partial charge in [-0.25, -0.2) is 0 Å². The van der Waals surface area contributed by atoms with E-state index in [0.29, 0.717) is 16.9 Å². The van der Waals surface area contributed by atoms with Crippen LogP contribution in [-0.2, 0) is 6.42 Å². The minimum absolute atomic E-state index is 0.435. The van der Waals surface area contributed by atoms with Crippen molar-refractivity contribution < 1.29 is 0 Å². The molecule has 2 heteroatoms. The SMILES string of the molecule is CC1(C)C(NCCCc2cccc(N)c2)C1(C)C. The lowest BCUT2D eigenvalue weighted by atomic mass is 10.0. The molecule has 2 rings (SSSR count). The van der Waals surface area contributed by atoms with Crippen LogP contribution in [0.2, 0.25) is 0 Å². The number of hydrogen-bond acceptors (Lipinski definition) is 2. The van der Waals surface area contributed by atoms with Gasteiger partial charge in [-0.15, -0.1) is 0 Å². The zero-order chi connectivity index (χ0) is 13.4. The number of nitrogens with one attached hydrogen (secondary N) is 1. The molecule has 0 heterocycles. The van der Waals surface area contributed by atoms with Gasteiger partial charge in [0.25, 0.3) is 0 Å². The lowest BCUT2D eigenvalue weighted by Gasteiger charge is -2.07. The Kier molecular flexibility index (Phi) is 3.41. The minimum Gasteiger partial charge on any atom is -0.399 e. The third-order valence-corrected chi connectivity index (χ3v) is 4.96. The Balaban J connectivity index is 1.72. The molecule has 0 saturated heterocycles. The van der Waals surface area contributed by atoms with Gasteiger partial charge in [0, 0.05) is 11.7 Å². The summed E-state index contributed by atoms with van der Waals surface area (Å²) in [4.78, 5) is 0. The Bertz CT molecular complexity index is 407. The van der Waals surface area contributed by atoms with E-state index >= 15 is 0 Å². The van der Waals surface area contributed by atoms with Gasteiger partial charge < -0.3 is 11.1 Å². The lowest BCUT2D eigenvalue weighted by molar-refractivity contribution is 0.457. The van der Waals surface area contributed by atoms with Gasteiger partial charge in [-0.3, -0.25) is 0 Å². The normalized spacial score (nSPS) is 20.9. The monoisotopic (exact) mass is 246 g/mol. The number of anilines is 1. The van der Waals surface area contributed by atoms with Gasteiger partial charge in [-0.2, -0.15) is 0 Å². The van der Waals surface area contributed by atoms with Crippen molar-refractivity contribution in [3.63, 3.8) is 0 Å². The van der Waals surface area contributed by atoms with Crippen molar-refractivity contribution >= 4 is 5.69 Å². The van der Waals surface area contributed by atoms with Gasteiger partial charge in [0.15, 0.2) is 0 Å². The van der Waals surface area contributed by atoms with Crippen LogP contribution >= 0.6 is 0 Å². The predicted octanol–water partition coefficient (Wildman–Crippen LogP) is 3.23. The number of benzene rings is 1. The fourth-order valence-corrected chi connectivity index (χ4v) is 2.99. The summed E-state index contributed by atoms with van der Waals surface area (Å²) in [5.41, 5.74) is 8.85. The summed E-state index contributed by atoms with van der Waals surface area (Å²) < 4.78 is 0. The second kappa shape index (κ2) is 4.58. The van der Waals surface area contributed by atoms with E-state index in [1.807, 2.05) is 12.1 Å². The number of hydrogen-bond donors (Lipinski definition) is 2. The van der Waals surface area contributed by atoms with Crippen LogP contribution in [-0.4, -0.2) is 12.6 Å². The molecule has 0 aliphatic heterocycles.